The molecular formula is C37H56N2O4. The number of ether oxygens (including phenoxy) is 2. The van der Waals surface area contributed by atoms with Crippen LogP contribution in [0.5, 0.6) is 5.75 Å². The van der Waals surface area contributed by atoms with Gasteiger partial charge in [0.2, 0.25) is 0 Å². The molecule has 2 aromatic rings. The number of hydrogen-bond acceptors (Lipinski definition) is 6. The minimum Gasteiger partial charge on any atom is -0.459 e. The third-order valence-electron chi connectivity index (χ3n) is 8.49. The van der Waals surface area contributed by atoms with Crippen molar-refractivity contribution in [2.45, 2.75) is 117 Å². The first kappa shape index (κ1) is 34.6. The fourth-order valence-electron chi connectivity index (χ4n) is 5.68. The minimum atomic E-state index is -0.409. The summed E-state index contributed by atoms with van der Waals surface area (Å²) in [7, 11) is 0. The van der Waals surface area contributed by atoms with Crippen molar-refractivity contribution in [3.8, 4) is 5.75 Å². The second-order valence-corrected chi connectivity index (χ2v) is 12.2. The second kappa shape index (κ2) is 20.2. The molecule has 2 aromatic carbocycles. The van der Waals surface area contributed by atoms with Gasteiger partial charge in [0.15, 0.2) is 0 Å². The van der Waals surface area contributed by atoms with Crippen molar-refractivity contribution in [3.63, 3.8) is 0 Å². The molecular weight excluding hydrogens is 536 g/mol. The lowest BCUT2D eigenvalue weighted by molar-refractivity contribution is 0.0319. The molecule has 0 amide bonds. The number of rotatable bonds is 20. The summed E-state index contributed by atoms with van der Waals surface area (Å²) < 4.78 is 11.1. The van der Waals surface area contributed by atoms with Crippen LogP contribution >= 0.6 is 0 Å². The summed E-state index contributed by atoms with van der Waals surface area (Å²) in [5, 5.41) is 0. The van der Waals surface area contributed by atoms with Gasteiger partial charge in [0.25, 0.3) is 0 Å². The summed E-state index contributed by atoms with van der Waals surface area (Å²) in [6.07, 6.45) is 17.7. The predicted octanol–water partition coefficient (Wildman–Crippen LogP) is 9.07. The van der Waals surface area contributed by atoms with Gasteiger partial charge in [-0.15, -0.1) is 0 Å². The molecule has 1 atom stereocenters. The Morgan fingerprint density at radius 1 is 0.651 bits per heavy atom. The van der Waals surface area contributed by atoms with Gasteiger partial charge in [-0.2, -0.15) is 0 Å². The van der Waals surface area contributed by atoms with E-state index in [-0.39, 0.29) is 12.1 Å². The third-order valence-corrected chi connectivity index (χ3v) is 8.49. The highest BCUT2D eigenvalue weighted by Crippen LogP contribution is 2.21. The molecule has 1 aliphatic rings. The molecule has 3 rings (SSSR count). The van der Waals surface area contributed by atoms with Crippen LogP contribution in [0.1, 0.15) is 131 Å². The van der Waals surface area contributed by atoms with Gasteiger partial charge in [-0.1, -0.05) is 84.5 Å². The zero-order valence-electron chi connectivity index (χ0n) is 27.2. The van der Waals surface area contributed by atoms with Crippen LogP contribution in [0, 0.1) is 0 Å². The molecule has 0 aromatic heterocycles. The van der Waals surface area contributed by atoms with Gasteiger partial charge in [-0.3, -0.25) is 4.90 Å². The lowest BCUT2D eigenvalue weighted by Crippen LogP contribution is -2.46. The average molecular weight is 593 g/mol. The van der Waals surface area contributed by atoms with Crippen LogP contribution in [-0.2, 0) is 4.74 Å². The summed E-state index contributed by atoms with van der Waals surface area (Å²) in [6, 6.07) is 14.3. The molecule has 6 nitrogen and oxygen atoms in total. The van der Waals surface area contributed by atoms with Crippen LogP contribution in [0.2, 0.25) is 0 Å². The maximum Gasteiger partial charge on any atom is 0.343 e. The van der Waals surface area contributed by atoms with E-state index in [2.05, 4.69) is 23.6 Å². The lowest BCUT2D eigenvalue weighted by atomic mass is 10.1. The van der Waals surface area contributed by atoms with Gasteiger partial charge in [0, 0.05) is 31.9 Å². The summed E-state index contributed by atoms with van der Waals surface area (Å²) in [4.78, 5) is 30.2. The molecule has 1 aliphatic heterocycles. The number of benzene rings is 2. The van der Waals surface area contributed by atoms with E-state index in [1.165, 1.54) is 77.2 Å². The molecule has 6 heteroatoms. The zero-order valence-corrected chi connectivity index (χ0v) is 27.2. The first-order chi connectivity index (χ1) is 21.0. The van der Waals surface area contributed by atoms with E-state index in [1.54, 1.807) is 24.3 Å². The number of carbonyl (C=O) groups excluding carboxylic acids is 2. The zero-order chi connectivity index (χ0) is 30.7. The van der Waals surface area contributed by atoms with Crippen LogP contribution in [0.25, 0.3) is 0 Å². The Kier molecular flexibility index (Phi) is 16.2. The highest BCUT2D eigenvalue weighted by Gasteiger charge is 2.18. The van der Waals surface area contributed by atoms with Gasteiger partial charge >= 0.3 is 11.9 Å². The standard InChI is InChI=1S/C37H56N2O4/c1-4-6-8-10-11-12-13-14-16-26-38-27-29-39(30-28-38)34-22-18-32(19-23-34)37(41)43-35-24-20-33(21-25-35)36(40)42-31(3)17-15-9-7-5-2/h18-25,31H,4-17,26-30H2,1-3H3. The SMILES string of the molecule is CCCCCCCCCCCN1CCN(c2ccc(C(=O)Oc3ccc(C(=O)OC(C)CCCCCC)cc3)cc2)CC1. The highest BCUT2D eigenvalue weighted by atomic mass is 16.5. The smallest absolute Gasteiger partial charge is 0.343 e. The minimum absolute atomic E-state index is 0.113. The maximum absolute atomic E-state index is 12.7. The van der Waals surface area contributed by atoms with E-state index < -0.39 is 5.97 Å². The molecule has 1 heterocycles. The first-order valence-corrected chi connectivity index (χ1v) is 17.1. The Morgan fingerprint density at radius 2 is 1.16 bits per heavy atom. The molecule has 0 radical (unpaired) electrons. The molecule has 1 unspecified atom stereocenters. The summed E-state index contributed by atoms with van der Waals surface area (Å²) >= 11 is 0. The van der Waals surface area contributed by atoms with Crippen molar-refractivity contribution >= 4 is 17.6 Å². The topological polar surface area (TPSA) is 59.1 Å². The van der Waals surface area contributed by atoms with Crippen LogP contribution in [-0.4, -0.2) is 55.7 Å². The van der Waals surface area contributed by atoms with Crippen molar-refractivity contribution in [2.75, 3.05) is 37.6 Å². The first-order valence-electron chi connectivity index (χ1n) is 17.1. The highest BCUT2D eigenvalue weighted by molar-refractivity contribution is 5.92. The monoisotopic (exact) mass is 592 g/mol. The predicted molar refractivity (Wildman–Crippen MR) is 177 cm³/mol. The van der Waals surface area contributed by atoms with Gasteiger partial charge in [-0.25, -0.2) is 9.59 Å². The van der Waals surface area contributed by atoms with Crippen molar-refractivity contribution in [2.24, 2.45) is 0 Å². The number of unbranched alkanes of at least 4 members (excludes halogenated alkanes) is 11. The third kappa shape index (κ3) is 13.1. The van der Waals surface area contributed by atoms with Crippen LogP contribution in [0.4, 0.5) is 5.69 Å². The number of carbonyl (C=O) groups is 2. The Balaban J connectivity index is 1.34. The summed E-state index contributed by atoms with van der Waals surface area (Å²) in [5.74, 6) is -0.351. The Hall–Kier alpha value is -2.86. The summed E-state index contributed by atoms with van der Waals surface area (Å²) in [6.45, 7) is 11.8. The molecule has 1 fully saturated rings. The largest absolute Gasteiger partial charge is 0.459 e. The molecule has 0 saturated carbocycles. The second-order valence-electron chi connectivity index (χ2n) is 12.2. The van der Waals surface area contributed by atoms with Crippen molar-refractivity contribution in [1.82, 2.24) is 4.90 Å². The van der Waals surface area contributed by atoms with Gasteiger partial charge in [0.1, 0.15) is 5.75 Å². The molecule has 0 aliphatic carbocycles. The number of hydrogen-bond donors (Lipinski definition) is 0. The van der Waals surface area contributed by atoms with E-state index in [0.29, 0.717) is 16.9 Å². The number of piperazine rings is 1. The van der Waals surface area contributed by atoms with Crippen LogP contribution < -0.4 is 9.64 Å². The van der Waals surface area contributed by atoms with E-state index in [1.807, 2.05) is 31.2 Å². The molecule has 1 saturated heterocycles. The molecule has 238 valence electrons. The van der Waals surface area contributed by atoms with Crippen molar-refractivity contribution < 1.29 is 19.1 Å². The number of esters is 2. The molecule has 0 N–H and O–H groups in total. The van der Waals surface area contributed by atoms with Crippen LogP contribution in [0.3, 0.4) is 0 Å². The fourth-order valence-corrected chi connectivity index (χ4v) is 5.68. The van der Waals surface area contributed by atoms with Gasteiger partial charge in [0.05, 0.1) is 17.2 Å². The Labute approximate surface area is 261 Å². The van der Waals surface area contributed by atoms with Crippen LogP contribution in [0.15, 0.2) is 48.5 Å². The quantitative estimate of drug-likeness (QED) is 0.0868. The van der Waals surface area contributed by atoms with E-state index in [9.17, 15) is 9.59 Å². The van der Waals surface area contributed by atoms with Gasteiger partial charge in [-0.05, 0) is 81.3 Å². The molecule has 0 spiro atoms. The number of nitrogens with zero attached hydrogens (tertiary/aromatic N) is 2. The Bertz CT molecular complexity index is 1050. The number of anilines is 1. The molecule has 0 bridgehead atoms. The summed E-state index contributed by atoms with van der Waals surface area (Å²) in [5.41, 5.74) is 2.10. The van der Waals surface area contributed by atoms with Crippen molar-refractivity contribution in [1.29, 1.82) is 0 Å². The normalized spacial score (nSPS) is 14.4. The lowest BCUT2D eigenvalue weighted by Gasteiger charge is -2.36. The average Bonchev–Trinajstić information content (AvgIpc) is 3.03. The van der Waals surface area contributed by atoms with E-state index in [4.69, 9.17) is 9.47 Å². The molecule has 43 heavy (non-hydrogen) atoms. The van der Waals surface area contributed by atoms with E-state index in [0.717, 1.165) is 51.1 Å². The maximum atomic E-state index is 12.7. The fraction of sp³-hybridized carbons (Fsp3) is 0.622. The Morgan fingerprint density at radius 3 is 1.77 bits per heavy atom. The van der Waals surface area contributed by atoms with Gasteiger partial charge < -0.3 is 14.4 Å². The van der Waals surface area contributed by atoms with E-state index >= 15 is 0 Å². The van der Waals surface area contributed by atoms with Crippen molar-refractivity contribution in [3.05, 3.63) is 59.7 Å².